The van der Waals surface area contributed by atoms with Crippen molar-refractivity contribution in [2.24, 2.45) is 0 Å². The van der Waals surface area contributed by atoms with Gasteiger partial charge < -0.3 is 25.6 Å². The van der Waals surface area contributed by atoms with Crippen LogP contribution in [0.3, 0.4) is 0 Å². The fourth-order valence-corrected chi connectivity index (χ4v) is 4.54. The Labute approximate surface area is 263 Å². The van der Waals surface area contributed by atoms with E-state index in [-0.39, 0.29) is 65.6 Å². The van der Waals surface area contributed by atoms with Crippen molar-refractivity contribution in [1.82, 2.24) is 10.2 Å². The predicted octanol–water partition coefficient (Wildman–Crippen LogP) is 2.04. The molecule has 2 saturated heterocycles. The summed E-state index contributed by atoms with van der Waals surface area (Å²) >= 11 is 4.25. The van der Waals surface area contributed by atoms with Gasteiger partial charge in [0.1, 0.15) is 11.9 Å². The van der Waals surface area contributed by atoms with Crippen LogP contribution in [-0.4, -0.2) is 73.4 Å². The Hall–Kier alpha value is -2.31. The van der Waals surface area contributed by atoms with Gasteiger partial charge in [0.2, 0.25) is 5.91 Å². The number of hydrogen-bond acceptors (Lipinski definition) is 7. The average Bonchev–Trinajstić information content (AvgIpc) is 3.32. The Kier molecular flexibility index (Phi) is 13.7. The summed E-state index contributed by atoms with van der Waals surface area (Å²) < 4.78 is 20.4. The van der Waals surface area contributed by atoms with Gasteiger partial charge in [0.15, 0.2) is 5.78 Å². The van der Waals surface area contributed by atoms with Crippen LogP contribution in [0.1, 0.15) is 44.0 Å². The largest absolute Gasteiger partial charge is 1.00 e. The summed E-state index contributed by atoms with van der Waals surface area (Å²) in [6.07, 6.45) is -0.630. The van der Waals surface area contributed by atoms with Gasteiger partial charge in [-0.15, -0.1) is 5.69 Å². The first kappa shape index (κ1) is 33.9. The molecule has 212 valence electrons. The molecule has 2 fully saturated rings. The number of halogens is 1. The standard InChI is InChI=1S/C26H32FN5O4S.C2H6.Na/c1-17(37)29-15-21-16-32(26(35)36-21)20-6-7-23(22(27)14-20)30-10-12-31(13-11-30)25(34)9-8-24(33)18-2-4-19(28)5-3-18;1-2;/h2-7,14,17,21,29H,8-13,15-16H2,1H3,(H3,28,33,37);1-2H3;/q;;+1/p-1/t17?,21-;;/m0../s1. The maximum atomic E-state index is 15.0. The molecule has 4 rings (SSSR count). The molecule has 0 bridgehead atoms. The van der Waals surface area contributed by atoms with E-state index in [0.717, 1.165) is 0 Å². The minimum Gasteiger partial charge on any atom is -0.699 e. The zero-order valence-corrected chi connectivity index (χ0v) is 26.5. The SMILES string of the molecule is CC.CC(S)NC[C@H]1CN(c2ccc(N3CCN(C(=O)CCC(=O)c4ccc([NH-])cc4)CC3)c(F)c2)C(=O)O1.[Na+]. The number of Topliss-reactive ketones (excluding diaryl/α,β-unsaturated/α-hetero) is 1. The number of ketones is 1. The van der Waals surface area contributed by atoms with Crippen molar-refractivity contribution in [3.05, 3.63) is 59.6 Å². The fourth-order valence-electron chi connectivity index (χ4n) is 4.44. The van der Waals surface area contributed by atoms with Crippen molar-refractivity contribution in [2.45, 2.75) is 45.1 Å². The van der Waals surface area contributed by atoms with Gasteiger partial charge >= 0.3 is 35.7 Å². The van der Waals surface area contributed by atoms with Crippen LogP contribution in [0, 0.1) is 5.82 Å². The molecule has 0 aromatic heterocycles. The normalized spacial score (nSPS) is 17.4. The van der Waals surface area contributed by atoms with Crippen molar-refractivity contribution in [3.63, 3.8) is 0 Å². The zero-order chi connectivity index (χ0) is 28.5. The van der Waals surface area contributed by atoms with E-state index in [2.05, 4.69) is 17.9 Å². The summed E-state index contributed by atoms with van der Waals surface area (Å²) in [5, 5.41) is 3.07. The van der Waals surface area contributed by atoms with Crippen molar-refractivity contribution in [3.8, 4) is 0 Å². The molecule has 2 atom stereocenters. The molecule has 1 unspecified atom stereocenters. The summed E-state index contributed by atoms with van der Waals surface area (Å²) in [7, 11) is 0. The van der Waals surface area contributed by atoms with Gasteiger partial charge in [-0.2, -0.15) is 12.6 Å². The number of benzene rings is 2. The summed E-state index contributed by atoms with van der Waals surface area (Å²) in [6, 6.07) is 11.0. The van der Waals surface area contributed by atoms with Gasteiger partial charge in [0, 0.05) is 56.5 Å². The molecule has 9 nitrogen and oxygen atoms in total. The minimum absolute atomic E-state index is 0. The molecule has 12 heteroatoms. The van der Waals surface area contributed by atoms with Crippen molar-refractivity contribution in [2.75, 3.05) is 49.1 Å². The van der Waals surface area contributed by atoms with Crippen LogP contribution >= 0.6 is 12.6 Å². The Morgan fingerprint density at radius 1 is 1.10 bits per heavy atom. The van der Waals surface area contributed by atoms with E-state index < -0.39 is 11.9 Å². The number of nitrogens with one attached hydrogen (secondary N) is 2. The van der Waals surface area contributed by atoms with E-state index in [0.29, 0.717) is 61.9 Å². The number of carbonyl (C=O) groups excluding carboxylic acids is 3. The van der Waals surface area contributed by atoms with Crippen LogP contribution in [0.25, 0.3) is 5.73 Å². The summed E-state index contributed by atoms with van der Waals surface area (Å²) in [5.74, 6) is -0.681. The molecule has 0 aliphatic carbocycles. The second-order valence-electron chi connectivity index (χ2n) is 9.20. The van der Waals surface area contributed by atoms with Gasteiger partial charge in [-0.25, -0.2) is 9.18 Å². The van der Waals surface area contributed by atoms with Crippen molar-refractivity contribution in [1.29, 1.82) is 0 Å². The molecular weight excluding hydrogens is 544 g/mol. The van der Waals surface area contributed by atoms with Gasteiger partial charge in [-0.1, -0.05) is 38.1 Å². The number of hydrogen-bond donors (Lipinski definition) is 2. The third-order valence-corrected chi connectivity index (χ3v) is 6.69. The van der Waals surface area contributed by atoms with Crippen molar-refractivity contribution >= 4 is 47.5 Å². The van der Waals surface area contributed by atoms with Crippen LogP contribution in [0.5, 0.6) is 0 Å². The Balaban J connectivity index is 0.00000183. The van der Waals surface area contributed by atoms with Crippen LogP contribution in [0.2, 0.25) is 0 Å². The van der Waals surface area contributed by atoms with E-state index in [4.69, 9.17) is 10.5 Å². The maximum Gasteiger partial charge on any atom is 1.00 e. The van der Waals surface area contributed by atoms with Crippen LogP contribution in [0.4, 0.5) is 26.2 Å². The minimum atomic E-state index is -0.509. The van der Waals surface area contributed by atoms with Crippen LogP contribution in [0.15, 0.2) is 42.5 Å². The third-order valence-electron chi connectivity index (χ3n) is 6.50. The van der Waals surface area contributed by atoms with Crippen LogP contribution in [-0.2, 0) is 9.53 Å². The molecule has 2 aliphatic heterocycles. The van der Waals surface area contributed by atoms with E-state index in [9.17, 15) is 14.4 Å². The Bertz CT molecular complexity index is 1150. The molecular formula is C28H37FN5NaO4S. The number of rotatable bonds is 9. The van der Waals surface area contributed by atoms with E-state index >= 15 is 4.39 Å². The third kappa shape index (κ3) is 9.10. The molecule has 2 N–H and O–H groups in total. The summed E-state index contributed by atoms with van der Waals surface area (Å²) in [6.45, 7) is 8.44. The maximum absolute atomic E-state index is 15.0. The molecule has 40 heavy (non-hydrogen) atoms. The van der Waals surface area contributed by atoms with Gasteiger partial charge in [0.25, 0.3) is 0 Å². The molecule has 2 amide bonds. The first-order valence-electron chi connectivity index (χ1n) is 13.3. The van der Waals surface area contributed by atoms with E-state index in [1.165, 1.54) is 11.0 Å². The zero-order valence-electron chi connectivity index (χ0n) is 23.7. The first-order valence-corrected chi connectivity index (χ1v) is 13.8. The molecule has 2 heterocycles. The summed E-state index contributed by atoms with van der Waals surface area (Å²) in [4.78, 5) is 42.2. The molecule has 0 saturated carbocycles. The molecule has 2 aromatic rings. The average molecular weight is 582 g/mol. The topological polar surface area (TPSA) is 106 Å². The van der Waals surface area contributed by atoms with Gasteiger partial charge in [-0.3, -0.25) is 14.5 Å². The van der Waals surface area contributed by atoms with Gasteiger partial charge in [-0.05, 0) is 25.1 Å². The number of piperazine rings is 1. The first-order chi connectivity index (χ1) is 18.7. The van der Waals surface area contributed by atoms with Crippen molar-refractivity contribution < 1.29 is 53.1 Å². The van der Waals surface area contributed by atoms with Gasteiger partial charge in [0.05, 0.1) is 17.9 Å². The number of nitrogens with zero attached hydrogens (tertiary/aromatic N) is 3. The number of carbonyl (C=O) groups is 3. The Morgan fingerprint density at radius 3 is 2.35 bits per heavy atom. The monoisotopic (exact) mass is 581 g/mol. The number of anilines is 2. The smallest absolute Gasteiger partial charge is 0.699 e. The number of amides is 2. The fraction of sp³-hybridized carbons (Fsp3) is 0.464. The Morgan fingerprint density at radius 2 is 1.75 bits per heavy atom. The number of cyclic esters (lactones) is 1. The van der Waals surface area contributed by atoms with E-state index in [1.807, 2.05) is 25.7 Å². The molecule has 2 aliphatic rings. The van der Waals surface area contributed by atoms with Crippen LogP contribution < -0.4 is 44.7 Å². The summed E-state index contributed by atoms with van der Waals surface area (Å²) in [5.41, 5.74) is 9.17. The predicted molar refractivity (Wildman–Crippen MR) is 155 cm³/mol. The number of ether oxygens (including phenoxy) is 1. The second-order valence-corrected chi connectivity index (χ2v) is 9.98. The second kappa shape index (κ2) is 16.2. The van der Waals surface area contributed by atoms with E-state index in [1.54, 1.807) is 41.3 Å². The number of thiol groups is 1. The molecule has 0 radical (unpaired) electrons. The molecule has 2 aromatic carbocycles. The quantitative estimate of drug-likeness (QED) is 0.203. The molecule has 0 spiro atoms.